The number of hydrogen-bond acceptors (Lipinski definition) is 7. The molecule has 9 nitrogen and oxygen atoms in total. The van der Waals surface area contributed by atoms with E-state index in [1.165, 1.54) is 11.0 Å². The van der Waals surface area contributed by atoms with Gasteiger partial charge in [-0.3, -0.25) is 9.69 Å². The van der Waals surface area contributed by atoms with E-state index in [1.54, 1.807) is 43.0 Å². The highest BCUT2D eigenvalue weighted by Gasteiger charge is 2.44. The van der Waals surface area contributed by atoms with Crippen LogP contribution in [0.4, 0.5) is 13.6 Å². The number of ether oxygens (including phenoxy) is 1. The molecule has 1 aromatic carbocycles. The lowest BCUT2D eigenvalue weighted by atomic mass is 9.76. The van der Waals surface area contributed by atoms with Gasteiger partial charge in [-0.25, -0.2) is 13.6 Å². The second-order valence-corrected chi connectivity index (χ2v) is 9.74. The second kappa shape index (κ2) is 11.4. The summed E-state index contributed by atoms with van der Waals surface area (Å²) in [7, 11) is -1.80. The van der Waals surface area contributed by atoms with Crippen molar-refractivity contribution in [1.29, 1.82) is 5.26 Å². The van der Waals surface area contributed by atoms with E-state index in [-0.39, 0.29) is 31.6 Å². The predicted molar refractivity (Wildman–Crippen MR) is 128 cm³/mol. The lowest BCUT2D eigenvalue weighted by molar-refractivity contribution is -0.135. The van der Waals surface area contributed by atoms with Crippen molar-refractivity contribution in [3.63, 3.8) is 0 Å². The Bertz CT molecular complexity index is 1020. The summed E-state index contributed by atoms with van der Waals surface area (Å²) in [6.07, 6.45) is 1.01. The van der Waals surface area contributed by atoms with E-state index in [0.717, 1.165) is 5.56 Å². The molecule has 2 aliphatic rings. The van der Waals surface area contributed by atoms with Crippen LogP contribution in [-0.2, 0) is 16.0 Å². The van der Waals surface area contributed by atoms with Gasteiger partial charge in [0.15, 0.2) is 0 Å². The molecule has 1 aromatic rings. The van der Waals surface area contributed by atoms with Crippen molar-refractivity contribution in [2.24, 2.45) is 0 Å². The largest absolute Gasteiger partial charge is 0.475 e. The highest BCUT2D eigenvalue weighted by Crippen LogP contribution is 2.33. The number of carbonyl (C=O) groups is 2. The second-order valence-electron chi connectivity index (χ2n) is 9.74. The molecule has 36 heavy (non-hydrogen) atoms. The molecule has 0 spiro atoms. The molecule has 2 fully saturated rings. The van der Waals surface area contributed by atoms with Crippen molar-refractivity contribution in [3.8, 4) is 6.07 Å². The fraction of sp³-hybridized carbons (Fsp3) is 0.542. The van der Waals surface area contributed by atoms with E-state index in [2.05, 4.69) is 5.32 Å². The van der Waals surface area contributed by atoms with Gasteiger partial charge >= 0.3 is 13.2 Å². The summed E-state index contributed by atoms with van der Waals surface area (Å²) in [5.74, 6) is -4.34. The summed E-state index contributed by atoms with van der Waals surface area (Å²) < 4.78 is 32.5. The number of halogens is 2. The highest BCUT2D eigenvalue weighted by molar-refractivity contribution is 6.43. The molecule has 1 unspecified atom stereocenters. The zero-order valence-corrected chi connectivity index (χ0v) is 20.4. The number of carbonyl (C=O) groups excluding carboxylic acids is 2. The number of amides is 2. The van der Waals surface area contributed by atoms with Crippen molar-refractivity contribution >= 4 is 19.1 Å². The molecule has 2 saturated heterocycles. The Morgan fingerprint density at radius 1 is 1.33 bits per heavy atom. The first-order chi connectivity index (χ1) is 16.9. The highest BCUT2D eigenvalue weighted by atomic mass is 19.3. The van der Waals surface area contributed by atoms with Crippen LogP contribution in [0.15, 0.2) is 42.0 Å². The van der Waals surface area contributed by atoms with E-state index in [0.29, 0.717) is 13.0 Å². The summed E-state index contributed by atoms with van der Waals surface area (Å²) >= 11 is 0. The smallest absolute Gasteiger partial charge is 0.447 e. The van der Waals surface area contributed by atoms with Gasteiger partial charge in [0.1, 0.15) is 18.2 Å². The molecule has 0 radical (unpaired) electrons. The van der Waals surface area contributed by atoms with Crippen LogP contribution in [0.1, 0.15) is 32.3 Å². The quantitative estimate of drug-likeness (QED) is 0.265. The molecule has 2 amide bonds. The molecule has 3 N–H and O–H groups in total. The number of alkyl carbamates (subject to hydrolysis) is 1. The molecule has 3 rings (SSSR count). The molecule has 0 aliphatic carbocycles. The van der Waals surface area contributed by atoms with E-state index >= 15 is 0 Å². The third-order valence-corrected chi connectivity index (χ3v) is 6.61. The Morgan fingerprint density at radius 3 is 2.56 bits per heavy atom. The molecule has 2 heterocycles. The predicted octanol–water partition coefficient (Wildman–Crippen LogP) is 1.51. The molecule has 194 valence electrons. The van der Waals surface area contributed by atoms with Crippen LogP contribution in [0.2, 0.25) is 0 Å². The van der Waals surface area contributed by atoms with Gasteiger partial charge in [0.25, 0.3) is 11.8 Å². The van der Waals surface area contributed by atoms with Crippen LogP contribution >= 0.6 is 0 Å². The minimum absolute atomic E-state index is 0.141. The lowest BCUT2D eigenvalue weighted by Gasteiger charge is -2.41. The minimum Gasteiger partial charge on any atom is -0.447 e. The summed E-state index contributed by atoms with van der Waals surface area (Å²) in [6, 6.07) is 10.4. The Balaban J connectivity index is 1.55. The normalized spacial score (nSPS) is 20.8. The van der Waals surface area contributed by atoms with E-state index in [9.17, 15) is 33.7 Å². The number of nitrogens with zero attached hydrogens (tertiary/aromatic N) is 3. The topological polar surface area (TPSA) is 126 Å². The number of hydrogen-bond donors (Lipinski definition) is 3. The van der Waals surface area contributed by atoms with Gasteiger partial charge in [-0.05, 0) is 38.3 Å². The first kappa shape index (κ1) is 27.6. The average molecular weight is 504 g/mol. The maximum atomic E-state index is 13.7. The third kappa shape index (κ3) is 7.03. The number of nitriles is 1. The van der Waals surface area contributed by atoms with Crippen LogP contribution in [-0.4, -0.2) is 88.7 Å². The Kier molecular flexibility index (Phi) is 8.71. The van der Waals surface area contributed by atoms with Crippen LogP contribution in [0.3, 0.4) is 0 Å². The zero-order valence-electron chi connectivity index (χ0n) is 20.4. The van der Waals surface area contributed by atoms with Crippen molar-refractivity contribution in [1.82, 2.24) is 15.1 Å². The van der Waals surface area contributed by atoms with Crippen molar-refractivity contribution in [2.75, 3.05) is 26.2 Å². The first-order valence-corrected chi connectivity index (χ1v) is 11.8. The van der Waals surface area contributed by atoms with E-state index < -0.39 is 49.1 Å². The number of benzene rings is 1. The maximum absolute atomic E-state index is 13.7. The number of alkyl halides is 2. The van der Waals surface area contributed by atoms with Crippen molar-refractivity contribution in [2.45, 2.75) is 56.6 Å². The molecule has 0 aromatic heterocycles. The maximum Gasteiger partial charge on any atom is 0.475 e. The summed E-state index contributed by atoms with van der Waals surface area (Å²) in [6.45, 7) is 3.31. The number of nitrogens with one attached hydrogen (secondary N) is 1. The standard InChI is InChI=1S/C24H31BF2N4O5/c1-23(2,30-11-9-24(26,27)16-30)13-18(14-28)21(32)31-10-8-19(31)15-36-22(33)29-20(25(34)35)12-17-6-4-3-5-7-17/h3-7,13,19-20,34-35H,8-12,15-16H2,1-2H3,(H,29,33)/t19-,20?/m1/s1. The van der Waals surface area contributed by atoms with E-state index in [1.807, 2.05) is 12.1 Å². The van der Waals surface area contributed by atoms with Gasteiger partial charge in [-0.15, -0.1) is 0 Å². The van der Waals surface area contributed by atoms with Gasteiger partial charge in [-0.1, -0.05) is 30.3 Å². The number of likely N-dealkylation sites (tertiary alicyclic amines) is 2. The third-order valence-electron chi connectivity index (χ3n) is 6.61. The summed E-state index contributed by atoms with van der Waals surface area (Å²) in [5.41, 5.74) is -0.283. The molecule has 2 atom stereocenters. The monoisotopic (exact) mass is 504 g/mol. The molecule has 0 bridgehead atoms. The fourth-order valence-corrected chi connectivity index (χ4v) is 4.31. The molecule has 0 saturated carbocycles. The summed E-state index contributed by atoms with van der Waals surface area (Å²) in [5, 5.41) is 31.2. The van der Waals surface area contributed by atoms with Gasteiger partial charge < -0.3 is 25.0 Å². The van der Waals surface area contributed by atoms with E-state index in [4.69, 9.17) is 4.74 Å². The zero-order chi connectivity index (χ0) is 26.5. The van der Waals surface area contributed by atoms with Crippen molar-refractivity contribution in [3.05, 3.63) is 47.5 Å². The van der Waals surface area contributed by atoms with Crippen LogP contribution < -0.4 is 5.32 Å². The Hall–Kier alpha value is -3.01. The fourth-order valence-electron chi connectivity index (χ4n) is 4.31. The average Bonchev–Trinajstić information content (AvgIpc) is 3.17. The molecular weight excluding hydrogens is 473 g/mol. The van der Waals surface area contributed by atoms with Gasteiger partial charge in [0.2, 0.25) is 0 Å². The van der Waals surface area contributed by atoms with Crippen LogP contribution in [0, 0.1) is 11.3 Å². The van der Waals surface area contributed by atoms with Gasteiger partial charge in [0.05, 0.1) is 18.5 Å². The SMILES string of the molecule is CC(C)(C=C(C#N)C(=O)N1CC[C@@H]1COC(=O)NC(Cc1ccccc1)B(O)O)N1CCC(F)(F)C1. The Morgan fingerprint density at radius 2 is 2.03 bits per heavy atom. The number of rotatable bonds is 9. The first-order valence-electron chi connectivity index (χ1n) is 11.8. The van der Waals surface area contributed by atoms with Crippen LogP contribution in [0.5, 0.6) is 0 Å². The van der Waals surface area contributed by atoms with Gasteiger partial charge in [0, 0.05) is 25.0 Å². The van der Waals surface area contributed by atoms with Gasteiger partial charge in [-0.2, -0.15) is 5.26 Å². The minimum atomic E-state index is -2.80. The molecule has 12 heteroatoms. The van der Waals surface area contributed by atoms with Crippen LogP contribution in [0.25, 0.3) is 0 Å². The lowest BCUT2D eigenvalue weighted by Crippen LogP contribution is -2.55. The van der Waals surface area contributed by atoms with Crippen molar-refractivity contribution < 1.29 is 33.2 Å². The molecule has 2 aliphatic heterocycles. The molecular formula is C24H31BF2N4O5. The Labute approximate surface area is 209 Å². The summed E-state index contributed by atoms with van der Waals surface area (Å²) in [4.78, 5) is 28.1.